The van der Waals surface area contributed by atoms with Crippen LogP contribution in [0, 0.1) is 10.8 Å². The number of nitrogens with one attached hydrogen (secondary N) is 1. The highest BCUT2D eigenvalue weighted by molar-refractivity contribution is 9.10. The smallest absolute Gasteiger partial charge is 0.236 e. The van der Waals surface area contributed by atoms with Crippen molar-refractivity contribution in [1.29, 1.82) is 0 Å². The second kappa shape index (κ2) is 7.12. The average Bonchev–Trinajstić information content (AvgIpc) is 2.93. The maximum Gasteiger partial charge on any atom is 0.236 e. The van der Waals surface area contributed by atoms with Gasteiger partial charge in [0.05, 0.1) is 11.5 Å². The molecule has 1 fully saturated rings. The summed E-state index contributed by atoms with van der Waals surface area (Å²) in [4.78, 5) is 25.1. The Morgan fingerprint density at radius 3 is 2.75 bits per heavy atom. The van der Waals surface area contributed by atoms with Gasteiger partial charge in [-0.1, -0.05) is 63.1 Å². The fourth-order valence-electron chi connectivity index (χ4n) is 5.07. The number of hydrogen-bond acceptors (Lipinski definition) is 3. The molecular weight excluding hydrogens is 440 g/mol. The van der Waals surface area contributed by atoms with Gasteiger partial charge in [-0.25, -0.2) is 0 Å². The van der Waals surface area contributed by atoms with Gasteiger partial charge in [-0.3, -0.25) is 4.79 Å². The van der Waals surface area contributed by atoms with E-state index in [1.807, 2.05) is 49.4 Å². The highest BCUT2D eigenvalue weighted by atomic mass is 79.9. The third kappa shape index (κ3) is 2.83. The van der Waals surface area contributed by atoms with Crippen LogP contribution in [-0.2, 0) is 10.2 Å². The monoisotopic (exact) mass is 458 g/mol. The van der Waals surface area contributed by atoms with Crippen LogP contribution in [0.5, 0.6) is 0 Å². The summed E-state index contributed by atoms with van der Waals surface area (Å²) in [5, 5.41) is 7.05. The summed E-state index contributed by atoms with van der Waals surface area (Å²) < 4.78 is 0.901. The molecule has 0 aromatic heterocycles. The predicted octanol–water partition coefficient (Wildman–Crippen LogP) is 6.20. The lowest BCUT2D eigenvalue weighted by atomic mass is 9.53. The van der Waals surface area contributed by atoms with E-state index in [4.69, 9.17) is 11.6 Å². The zero-order valence-corrected chi connectivity index (χ0v) is 17.8. The maximum absolute atomic E-state index is 13.6. The molecule has 4 nitrogen and oxygen atoms in total. The molecular formula is C22H20BrClN2O2. The van der Waals surface area contributed by atoms with Gasteiger partial charge >= 0.3 is 0 Å². The topological polar surface area (TPSA) is 58.5 Å². The number of hydrogen-bond donors (Lipinski definition) is 1. The summed E-state index contributed by atoms with van der Waals surface area (Å²) in [7, 11) is 0. The van der Waals surface area contributed by atoms with Crippen molar-refractivity contribution in [2.24, 2.45) is 11.1 Å². The molecule has 2 aliphatic rings. The Morgan fingerprint density at radius 2 is 2.07 bits per heavy atom. The fourth-order valence-corrected chi connectivity index (χ4v) is 5.63. The van der Waals surface area contributed by atoms with Crippen LogP contribution in [0.15, 0.2) is 64.3 Å². The van der Waals surface area contributed by atoms with Gasteiger partial charge in [0.1, 0.15) is 0 Å². The molecule has 1 N–H and O–H groups in total. The maximum atomic E-state index is 13.6. The van der Waals surface area contributed by atoms with Crippen molar-refractivity contribution in [3.05, 3.63) is 80.1 Å². The summed E-state index contributed by atoms with van der Waals surface area (Å²) in [5.74, 6) is -0.481. The third-order valence-corrected chi connectivity index (χ3v) is 6.89. The number of carbonyl (C=O) groups is 1. The van der Waals surface area contributed by atoms with E-state index in [-0.39, 0.29) is 23.8 Å². The van der Waals surface area contributed by atoms with E-state index in [1.165, 1.54) is 0 Å². The Balaban J connectivity index is 2.00. The van der Waals surface area contributed by atoms with Gasteiger partial charge in [0, 0.05) is 27.0 Å². The molecule has 2 aromatic rings. The highest BCUT2D eigenvalue weighted by Crippen LogP contribution is 2.59. The van der Waals surface area contributed by atoms with Gasteiger partial charge in [0.2, 0.25) is 5.91 Å². The Hall–Kier alpha value is -1.98. The number of benzene rings is 2. The molecule has 2 aromatic carbocycles. The van der Waals surface area contributed by atoms with E-state index in [2.05, 4.69) is 33.0 Å². The van der Waals surface area contributed by atoms with Crippen LogP contribution < -0.4 is 5.32 Å². The molecule has 4 rings (SSSR count). The third-order valence-electron chi connectivity index (χ3n) is 6.16. The number of fused-ring (bicyclic) bond motifs is 2. The fraction of sp³-hybridized carbons (Fsp3) is 0.318. The SMILES string of the molecule is C=C(C)[C@H]1CC(N=O)C[C@@H](c2cccc(Cl)c2)[C@]12C(=O)Nc1cc(Br)ccc12. The van der Waals surface area contributed by atoms with E-state index in [0.29, 0.717) is 17.9 Å². The predicted molar refractivity (Wildman–Crippen MR) is 116 cm³/mol. The lowest BCUT2D eigenvalue weighted by Crippen LogP contribution is -2.52. The van der Waals surface area contributed by atoms with Crippen LogP contribution in [-0.4, -0.2) is 11.9 Å². The number of nitrogens with zero attached hydrogens (tertiary/aromatic N) is 1. The normalized spacial score (nSPS) is 28.7. The van der Waals surface area contributed by atoms with Crippen molar-refractivity contribution in [1.82, 2.24) is 0 Å². The summed E-state index contributed by atoms with van der Waals surface area (Å²) in [6, 6.07) is 13.1. The molecule has 4 atom stereocenters. The highest BCUT2D eigenvalue weighted by Gasteiger charge is 2.60. The van der Waals surface area contributed by atoms with Crippen LogP contribution in [0.25, 0.3) is 0 Å². The Bertz CT molecular complexity index is 992. The van der Waals surface area contributed by atoms with Crippen LogP contribution in [0.3, 0.4) is 0 Å². The summed E-state index contributed by atoms with van der Waals surface area (Å²) in [6.45, 7) is 6.11. The molecule has 1 heterocycles. The van der Waals surface area contributed by atoms with E-state index in [1.54, 1.807) is 0 Å². The van der Waals surface area contributed by atoms with Gasteiger partial charge in [-0.05, 0) is 55.2 Å². The molecule has 6 heteroatoms. The van der Waals surface area contributed by atoms with Crippen molar-refractivity contribution < 1.29 is 4.79 Å². The van der Waals surface area contributed by atoms with Gasteiger partial charge in [-0.15, -0.1) is 0 Å². The van der Waals surface area contributed by atoms with E-state index < -0.39 is 5.41 Å². The number of anilines is 1. The number of allylic oxidation sites excluding steroid dienone is 1. The van der Waals surface area contributed by atoms with Crippen LogP contribution in [0.4, 0.5) is 5.69 Å². The Morgan fingerprint density at radius 1 is 1.29 bits per heavy atom. The van der Waals surface area contributed by atoms with E-state index >= 15 is 0 Å². The lowest BCUT2D eigenvalue weighted by molar-refractivity contribution is -0.124. The minimum absolute atomic E-state index is 0.0528. The summed E-state index contributed by atoms with van der Waals surface area (Å²) in [6.07, 6.45) is 1.01. The molecule has 28 heavy (non-hydrogen) atoms. The molecule has 1 unspecified atom stereocenters. The largest absolute Gasteiger partial charge is 0.325 e. The average molecular weight is 460 g/mol. The second-order valence-corrected chi connectivity index (χ2v) is 9.10. The zero-order valence-electron chi connectivity index (χ0n) is 15.4. The molecule has 1 aliphatic carbocycles. The van der Waals surface area contributed by atoms with E-state index in [0.717, 1.165) is 26.9 Å². The first kappa shape index (κ1) is 19.3. The minimum atomic E-state index is -0.840. The van der Waals surface area contributed by atoms with Crippen LogP contribution >= 0.6 is 27.5 Å². The standard InChI is InChI=1S/C22H20BrClN2O2/c1-12(2)18-10-16(26-28)11-19(13-4-3-5-15(24)8-13)22(18)17-7-6-14(23)9-20(17)25-21(22)27/h3-9,16,18-19H,1,10-11H2,2H3,(H,25,27)/t16?,18-,19+,22-/m1/s1. The molecule has 0 bridgehead atoms. The molecule has 0 saturated heterocycles. The van der Waals surface area contributed by atoms with Gasteiger partial charge < -0.3 is 5.32 Å². The molecule has 1 saturated carbocycles. The van der Waals surface area contributed by atoms with Crippen molar-refractivity contribution in [3.8, 4) is 0 Å². The molecule has 1 spiro atoms. The second-order valence-electron chi connectivity index (χ2n) is 7.75. The van der Waals surface area contributed by atoms with Gasteiger partial charge in [0.25, 0.3) is 0 Å². The first-order chi connectivity index (χ1) is 13.4. The van der Waals surface area contributed by atoms with Crippen LogP contribution in [0.1, 0.15) is 36.8 Å². The number of rotatable bonds is 3. The molecule has 1 aliphatic heterocycles. The number of halogens is 2. The molecule has 1 amide bonds. The van der Waals surface area contributed by atoms with Crippen molar-refractivity contribution in [3.63, 3.8) is 0 Å². The minimum Gasteiger partial charge on any atom is -0.325 e. The molecule has 144 valence electrons. The molecule has 0 radical (unpaired) electrons. The van der Waals surface area contributed by atoms with Crippen molar-refractivity contribution in [2.45, 2.75) is 37.1 Å². The van der Waals surface area contributed by atoms with Gasteiger partial charge in [0.15, 0.2) is 0 Å². The summed E-state index contributed by atoms with van der Waals surface area (Å²) in [5.41, 5.74) is 2.73. The number of carbonyl (C=O) groups excluding carboxylic acids is 1. The number of amides is 1. The van der Waals surface area contributed by atoms with Gasteiger partial charge in [-0.2, -0.15) is 4.91 Å². The number of nitroso groups, excluding NO2 is 1. The quantitative estimate of drug-likeness (QED) is 0.439. The Kier molecular flexibility index (Phi) is 4.92. The first-order valence-corrected chi connectivity index (χ1v) is 10.4. The van der Waals surface area contributed by atoms with E-state index in [9.17, 15) is 9.70 Å². The lowest BCUT2D eigenvalue weighted by Gasteiger charge is -2.48. The first-order valence-electron chi connectivity index (χ1n) is 9.22. The summed E-state index contributed by atoms with van der Waals surface area (Å²) >= 11 is 9.77. The zero-order chi connectivity index (χ0) is 20.1. The van der Waals surface area contributed by atoms with Crippen molar-refractivity contribution >= 4 is 39.1 Å². The van der Waals surface area contributed by atoms with Crippen LogP contribution in [0.2, 0.25) is 5.02 Å². The van der Waals surface area contributed by atoms with Crippen molar-refractivity contribution in [2.75, 3.05) is 5.32 Å². The Labute approximate surface area is 177 Å².